The van der Waals surface area contributed by atoms with Crippen molar-refractivity contribution in [2.24, 2.45) is 4.99 Å². The van der Waals surface area contributed by atoms with E-state index in [9.17, 15) is 9.59 Å². The molecule has 37 heavy (non-hydrogen) atoms. The van der Waals surface area contributed by atoms with Gasteiger partial charge in [-0.25, -0.2) is 9.79 Å². The van der Waals surface area contributed by atoms with Gasteiger partial charge >= 0.3 is 5.97 Å². The Balaban J connectivity index is 1.90. The molecule has 2 aromatic carbocycles. The van der Waals surface area contributed by atoms with Crippen LogP contribution in [-0.4, -0.2) is 50.7 Å². The van der Waals surface area contributed by atoms with Gasteiger partial charge in [0.05, 0.1) is 39.3 Å². The zero-order valence-corrected chi connectivity index (χ0v) is 23.0. The molecule has 2 aromatic rings. The van der Waals surface area contributed by atoms with Gasteiger partial charge in [-0.15, -0.1) is 0 Å². The summed E-state index contributed by atoms with van der Waals surface area (Å²) in [7, 11) is 4.57. The number of hydrogen-bond acceptors (Lipinski definition) is 9. The van der Waals surface area contributed by atoms with E-state index in [0.717, 1.165) is 16.8 Å². The number of carbonyl (C=O) groups excluding carboxylic acids is 2. The van der Waals surface area contributed by atoms with Gasteiger partial charge < -0.3 is 29.6 Å². The number of carbonyl (C=O) groups is 2. The summed E-state index contributed by atoms with van der Waals surface area (Å²) in [6.07, 6.45) is 0. The Labute approximate surface area is 221 Å². The smallest absolute Gasteiger partial charge is 0.338 e. The molecule has 1 heterocycles. The van der Waals surface area contributed by atoms with Crippen molar-refractivity contribution in [1.82, 2.24) is 5.32 Å². The van der Waals surface area contributed by atoms with Gasteiger partial charge in [-0.1, -0.05) is 17.8 Å². The summed E-state index contributed by atoms with van der Waals surface area (Å²) in [6, 6.07) is 8.68. The number of amidine groups is 1. The zero-order chi connectivity index (χ0) is 27.1. The quantitative estimate of drug-likeness (QED) is 0.458. The Kier molecular flexibility index (Phi) is 9.46. The Morgan fingerprint density at radius 2 is 1.59 bits per heavy atom. The van der Waals surface area contributed by atoms with Gasteiger partial charge in [0, 0.05) is 11.4 Å². The van der Waals surface area contributed by atoms with Crippen molar-refractivity contribution in [3.63, 3.8) is 0 Å². The van der Waals surface area contributed by atoms with Gasteiger partial charge in [-0.05, 0) is 68.7 Å². The zero-order valence-electron chi connectivity index (χ0n) is 22.2. The lowest BCUT2D eigenvalue weighted by Gasteiger charge is -2.26. The molecule has 0 unspecified atom stereocenters. The number of ether oxygens (including phenoxy) is 4. The Hall–Kier alpha value is -3.66. The lowest BCUT2D eigenvalue weighted by atomic mass is 9.96. The Bertz CT molecular complexity index is 1200. The predicted octanol–water partition coefficient (Wildman–Crippen LogP) is 4.54. The molecule has 3 rings (SSSR count). The number of allylic oxidation sites excluding steroid dienone is 1. The van der Waals surface area contributed by atoms with Gasteiger partial charge in [0.25, 0.3) is 0 Å². The van der Waals surface area contributed by atoms with Gasteiger partial charge in [0.2, 0.25) is 11.7 Å². The third-order valence-electron chi connectivity index (χ3n) is 5.56. The molecule has 0 radical (unpaired) electrons. The molecule has 0 bridgehead atoms. The Morgan fingerprint density at radius 1 is 0.973 bits per heavy atom. The lowest BCUT2D eigenvalue weighted by Crippen LogP contribution is -2.31. The fraction of sp³-hybridized carbons (Fsp3) is 0.370. The molecular weight excluding hydrogens is 494 g/mol. The number of anilines is 1. The van der Waals surface area contributed by atoms with Gasteiger partial charge in [-0.2, -0.15) is 0 Å². The summed E-state index contributed by atoms with van der Waals surface area (Å²) in [5, 5.41) is 6.58. The molecule has 10 heteroatoms. The maximum absolute atomic E-state index is 12.9. The van der Waals surface area contributed by atoms with E-state index in [2.05, 4.69) is 10.6 Å². The van der Waals surface area contributed by atoms with Crippen molar-refractivity contribution >= 4 is 34.5 Å². The fourth-order valence-corrected chi connectivity index (χ4v) is 4.82. The van der Waals surface area contributed by atoms with Crippen molar-refractivity contribution in [3.8, 4) is 17.2 Å². The van der Waals surface area contributed by atoms with Crippen LogP contribution in [0.2, 0.25) is 0 Å². The topological polar surface area (TPSA) is 107 Å². The first kappa shape index (κ1) is 27.9. The van der Waals surface area contributed by atoms with Crippen LogP contribution in [0.1, 0.15) is 36.6 Å². The molecule has 1 amide bonds. The van der Waals surface area contributed by atoms with E-state index in [0.29, 0.717) is 39.2 Å². The van der Waals surface area contributed by atoms with E-state index < -0.39 is 12.0 Å². The molecule has 0 aromatic heterocycles. The minimum Gasteiger partial charge on any atom is -0.493 e. The minimum atomic E-state index is -0.709. The molecule has 198 valence electrons. The lowest BCUT2D eigenvalue weighted by molar-refractivity contribution is -0.139. The Morgan fingerprint density at radius 3 is 2.14 bits per heavy atom. The molecule has 2 N–H and O–H groups in total. The van der Waals surface area contributed by atoms with Gasteiger partial charge in [0.15, 0.2) is 16.7 Å². The van der Waals surface area contributed by atoms with E-state index in [-0.39, 0.29) is 18.3 Å². The van der Waals surface area contributed by atoms with Crippen molar-refractivity contribution < 1.29 is 28.5 Å². The molecule has 9 nitrogen and oxygen atoms in total. The standard InChI is InChI=1S/C27H33N3O6S/c1-8-36-26(32)23-17(4)28-27(37-14-22(31)29-19-10-15(2)9-16(3)11-19)30-24(23)18-12-20(33-5)25(35-7)21(13-18)34-6/h9-13,24H,8,14H2,1-7H3,(H,28,30)(H,29,31)/t24-/m1/s1. The van der Waals surface area contributed by atoms with Crippen LogP contribution in [0.15, 0.2) is 46.6 Å². The summed E-state index contributed by atoms with van der Waals surface area (Å²) in [5.41, 5.74) is 4.49. The summed E-state index contributed by atoms with van der Waals surface area (Å²) in [5.74, 6) is 0.793. The second-order valence-electron chi connectivity index (χ2n) is 8.39. The molecule has 0 aliphatic carbocycles. The first-order valence-electron chi connectivity index (χ1n) is 11.7. The molecule has 0 fully saturated rings. The molecule has 0 saturated heterocycles. The number of aliphatic imine (C=N–C) groups is 1. The average Bonchev–Trinajstić information content (AvgIpc) is 2.85. The maximum atomic E-state index is 12.9. The van der Waals surface area contributed by atoms with Crippen LogP contribution in [0.3, 0.4) is 0 Å². The van der Waals surface area contributed by atoms with E-state index in [1.807, 2.05) is 32.0 Å². The van der Waals surface area contributed by atoms with Gasteiger partial charge in [0.1, 0.15) is 6.04 Å². The number of thioether (sulfide) groups is 1. The molecule has 0 spiro atoms. The highest BCUT2D eigenvalue weighted by atomic mass is 32.2. The van der Waals surface area contributed by atoms with Crippen LogP contribution in [0.4, 0.5) is 5.69 Å². The molecular formula is C27H33N3O6S. The van der Waals surface area contributed by atoms with Crippen molar-refractivity contribution in [2.75, 3.05) is 39.0 Å². The van der Waals surface area contributed by atoms with E-state index in [1.54, 1.807) is 26.0 Å². The molecule has 0 saturated carbocycles. The highest BCUT2D eigenvalue weighted by Gasteiger charge is 2.32. The predicted molar refractivity (Wildman–Crippen MR) is 146 cm³/mol. The SMILES string of the molecule is CCOC(=O)C1=C(C)NC(SCC(=O)Nc2cc(C)cc(C)c2)=N[C@@H]1c1cc(OC)c(OC)c(OC)c1. The third-order valence-corrected chi connectivity index (χ3v) is 6.45. The molecule has 1 aliphatic heterocycles. The highest BCUT2D eigenvalue weighted by Crippen LogP contribution is 2.43. The minimum absolute atomic E-state index is 0.128. The highest BCUT2D eigenvalue weighted by molar-refractivity contribution is 8.14. The van der Waals surface area contributed by atoms with Crippen molar-refractivity contribution in [2.45, 2.75) is 33.7 Å². The summed E-state index contributed by atoms with van der Waals surface area (Å²) < 4.78 is 21.8. The number of aryl methyl sites for hydroxylation is 2. The van der Waals surface area contributed by atoms with Crippen molar-refractivity contribution in [3.05, 3.63) is 58.3 Å². The monoisotopic (exact) mass is 527 g/mol. The number of nitrogens with zero attached hydrogens (tertiary/aromatic N) is 1. The first-order valence-corrected chi connectivity index (χ1v) is 12.7. The van der Waals surface area contributed by atoms with Crippen LogP contribution in [0, 0.1) is 13.8 Å². The fourth-order valence-electron chi connectivity index (χ4n) is 4.07. The summed E-state index contributed by atoms with van der Waals surface area (Å²) in [4.78, 5) is 30.3. The van der Waals surface area contributed by atoms with Crippen LogP contribution < -0.4 is 24.8 Å². The number of amides is 1. The number of esters is 1. The van der Waals surface area contributed by atoms with E-state index in [1.165, 1.54) is 33.1 Å². The largest absolute Gasteiger partial charge is 0.493 e. The van der Waals surface area contributed by atoms with Crippen LogP contribution in [0.25, 0.3) is 0 Å². The number of methoxy groups -OCH3 is 3. The number of hydrogen-bond donors (Lipinski definition) is 2. The molecule has 1 atom stereocenters. The van der Waals surface area contributed by atoms with Crippen LogP contribution in [-0.2, 0) is 14.3 Å². The molecule has 1 aliphatic rings. The second-order valence-corrected chi connectivity index (χ2v) is 9.36. The van der Waals surface area contributed by atoms with Crippen LogP contribution in [0.5, 0.6) is 17.2 Å². The third kappa shape index (κ3) is 6.76. The number of rotatable bonds is 9. The summed E-state index contributed by atoms with van der Waals surface area (Å²) >= 11 is 1.24. The maximum Gasteiger partial charge on any atom is 0.338 e. The van der Waals surface area contributed by atoms with Crippen molar-refractivity contribution in [1.29, 1.82) is 0 Å². The van der Waals surface area contributed by atoms with Gasteiger partial charge in [-0.3, -0.25) is 4.79 Å². The second kappa shape index (κ2) is 12.5. The first-order chi connectivity index (χ1) is 17.7. The summed E-state index contributed by atoms with van der Waals surface area (Å²) in [6.45, 7) is 7.72. The van der Waals surface area contributed by atoms with E-state index >= 15 is 0 Å². The van der Waals surface area contributed by atoms with E-state index in [4.69, 9.17) is 23.9 Å². The average molecular weight is 528 g/mol. The van der Waals surface area contributed by atoms with Crippen LogP contribution >= 0.6 is 11.8 Å². The number of nitrogens with one attached hydrogen (secondary N) is 2. The normalized spacial score (nSPS) is 14.9. The number of benzene rings is 2.